The summed E-state index contributed by atoms with van der Waals surface area (Å²) in [6.45, 7) is 15.2. The van der Waals surface area contributed by atoms with Crippen molar-refractivity contribution in [1.82, 2.24) is 10.2 Å². The monoisotopic (exact) mass is 579 g/mol. The minimum absolute atomic E-state index is 0.0262. The molecule has 242 valence electrons. The highest BCUT2D eigenvalue weighted by molar-refractivity contribution is 5.69. The maximum absolute atomic E-state index is 12.6. The second kappa shape index (κ2) is 30.1. The van der Waals surface area contributed by atoms with E-state index in [1.165, 1.54) is 77.0 Å². The molecule has 0 heterocycles. The van der Waals surface area contributed by atoms with Crippen LogP contribution in [0.3, 0.4) is 0 Å². The second-order valence-electron chi connectivity index (χ2n) is 12.2. The van der Waals surface area contributed by atoms with Gasteiger partial charge >= 0.3 is 5.97 Å². The summed E-state index contributed by atoms with van der Waals surface area (Å²) in [5, 5.41) is 13.7. The molecule has 0 spiro atoms. The van der Waals surface area contributed by atoms with Crippen molar-refractivity contribution < 1.29 is 14.6 Å². The second-order valence-corrected chi connectivity index (χ2v) is 12.2. The van der Waals surface area contributed by atoms with Crippen molar-refractivity contribution in [3.05, 3.63) is 25.1 Å². The van der Waals surface area contributed by atoms with Gasteiger partial charge in [-0.15, -0.1) is 0 Å². The molecule has 0 aromatic rings. The third kappa shape index (κ3) is 27.3. The molecule has 0 saturated carbocycles. The predicted molar refractivity (Wildman–Crippen MR) is 178 cm³/mol. The van der Waals surface area contributed by atoms with E-state index in [1.54, 1.807) is 0 Å². The van der Waals surface area contributed by atoms with Crippen molar-refractivity contribution in [3.8, 4) is 0 Å². The number of aliphatic hydroxyl groups is 1. The highest BCUT2D eigenvalue weighted by Crippen LogP contribution is 2.18. The van der Waals surface area contributed by atoms with Gasteiger partial charge in [-0.2, -0.15) is 0 Å². The molecule has 2 N–H and O–H groups in total. The van der Waals surface area contributed by atoms with Crippen LogP contribution in [0.25, 0.3) is 0 Å². The fraction of sp³-hybridized carbons (Fsp3) is 0.861. The number of unbranched alkanes of at least 4 members (excludes halogenated alkanes) is 12. The Morgan fingerprint density at radius 3 is 1.98 bits per heavy atom. The van der Waals surface area contributed by atoms with Crippen LogP contribution >= 0.6 is 0 Å². The first kappa shape index (κ1) is 39.7. The molecule has 0 aromatic carbocycles. The van der Waals surface area contributed by atoms with Gasteiger partial charge in [0.05, 0.1) is 6.10 Å². The molecule has 0 fully saturated rings. The number of carbonyl (C=O) groups excluding carboxylic acids is 1. The number of hydrogen-bond acceptors (Lipinski definition) is 5. The van der Waals surface area contributed by atoms with Crippen LogP contribution < -0.4 is 5.32 Å². The predicted octanol–water partition coefficient (Wildman–Crippen LogP) is 9.70. The quantitative estimate of drug-likeness (QED) is 0.0633. The van der Waals surface area contributed by atoms with Gasteiger partial charge < -0.3 is 20.1 Å². The van der Waals surface area contributed by atoms with E-state index in [-0.39, 0.29) is 18.2 Å². The molecule has 0 bridgehead atoms. The summed E-state index contributed by atoms with van der Waals surface area (Å²) in [4.78, 5) is 14.7. The number of aliphatic hydroxyl groups excluding tert-OH is 1. The first-order valence-electron chi connectivity index (χ1n) is 17.6. The summed E-state index contributed by atoms with van der Waals surface area (Å²) in [5.74, 6) is 0.555. The zero-order chi connectivity index (χ0) is 30.4. The van der Waals surface area contributed by atoms with Crippen molar-refractivity contribution in [2.45, 2.75) is 175 Å². The molecule has 0 saturated heterocycles. The molecule has 0 aromatic heterocycles. The van der Waals surface area contributed by atoms with Gasteiger partial charge in [0, 0.05) is 19.5 Å². The van der Waals surface area contributed by atoms with E-state index in [4.69, 9.17) is 4.74 Å². The number of ether oxygens (including phenoxy) is 1. The molecule has 0 aliphatic rings. The Kier molecular flexibility index (Phi) is 29.2. The normalized spacial score (nSPS) is 13.1. The summed E-state index contributed by atoms with van der Waals surface area (Å²) in [6, 6.07) is 0. The van der Waals surface area contributed by atoms with E-state index >= 15 is 0 Å². The number of allylic oxidation sites excluding steroid dienone is 1. The molecule has 5 nitrogen and oxygen atoms in total. The Hall–Kier alpha value is -1.33. The summed E-state index contributed by atoms with van der Waals surface area (Å²) < 4.78 is 5.95. The van der Waals surface area contributed by atoms with E-state index in [9.17, 15) is 9.90 Å². The van der Waals surface area contributed by atoms with Crippen LogP contribution in [0.15, 0.2) is 25.1 Å². The lowest BCUT2D eigenvalue weighted by atomic mass is 10.0. The Bertz CT molecular complexity index is 594. The highest BCUT2D eigenvalue weighted by atomic mass is 16.5. The van der Waals surface area contributed by atoms with Crippen LogP contribution in [0, 0.1) is 5.92 Å². The standard InChI is InChI=1S/C36H70N2O3/c1-6-10-12-14-16-20-25-35(26-21-17-15-13-11-7-2)41-36(40)27-22-18-19-24-34(39)32-37-29-23-30-38(9-4)31-28-33(5)8-3/h9,28,31,33-35,37,39H,4,6-8,10-27,29-30,32H2,1-3,5H3/b31-28-. The summed E-state index contributed by atoms with van der Waals surface area (Å²) in [5.41, 5.74) is 0. The van der Waals surface area contributed by atoms with Gasteiger partial charge in [0.1, 0.15) is 6.10 Å². The zero-order valence-corrected chi connectivity index (χ0v) is 27.9. The number of hydrogen-bond donors (Lipinski definition) is 2. The van der Waals surface area contributed by atoms with E-state index in [0.29, 0.717) is 18.9 Å². The molecule has 2 unspecified atom stereocenters. The van der Waals surface area contributed by atoms with E-state index in [2.05, 4.69) is 56.8 Å². The van der Waals surface area contributed by atoms with E-state index < -0.39 is 0 Å². The number of nitrogens with one attached hydrogen (secondary N) is 1. The van der Waals surface area contributed by atoms with Crippen LogP contribution in [-0.2, 0) is 9.53 Å². The molecule has 41 heavy (non-hydrogen) atoms. The van der Waals surface area contributed by atoms with Gasteiger partial charge in [-0.3, -0.25) is 4.79 Å². The third-order valence-electron chi connectivity index (χ3n) is 8.11. The van der Waals surface area contributed by atoms with Crippen molar-refractivity contribution in [2.75, 3.05) is 19.6 Å². The molecule has 0 aliphatic heterocycles. The summed E-state index contributed by atoms with van der Waals surface area (Å²) in [6.07, 6.45) is 29.5. The van der Waals surface area contributed by atoms with Gasteiger partial charge in [-0.25, -0.2) is 0 Å². The van der Waals surface area contributed by atoms with Gasteiger partial charge in [-0.1, -0.05) is 124 Å². The minimum Gasteiger partial charge on any atom is -0.462 e. The molecular weight excluding hydrogens is 508 g/mol. The van der Waals surface area contributed by atoms with Crippen molar-refractivity contribution in [1.29, 1.82) is 0 Å². The van der Waals surface area contributed by atoms with Gasteiger partial charge in [0.15, 0.2) is 0 Å². The zero-order valence-electron chi connectivity index (χ0n) is 27.9. The van der Waals surface area contributed by atoms with Gasteiger partial charge in [0.25, 0.3) is 0 Å². The topological polar surface area (TPSA) is 61.8 Å². The van der Waals surface area contributed by atoms with E-state index in [1.807, 2.05) is 6.20 Å². The molecule has 0 radical (unpaired) electrons. The van der Waals surface area contributed by atoms with Crippen LogP contribution in [0.2, 0.25) is 0 Å². The third-order valence-corrected chi connectivity index (χ3v) is 8.11. The summed E-state index contributed by atoms with van der Waals surface area (Å²) in [7, 11) is 0. The van der Waals surface area contributed by atoms with Crippen molar-refractivity contribution in [2.24, 2.45) is 5.92 Å². The highest BCUT2D eigenvalue weighted by Gasteiger charge is 2.14. The smallest absolute Gasteiger partial charge is 0.306 e. The fourth-order valence-electron chi connectivity index (χ4n) is 5.02. The van der Waals surface area contributed by atoms with Crippen LogP contribution in [-0.4, -0.2) is 47.8 Å². The average molecular weight is 579 g/mol. The average Bonchev–Trinajstić information content (AvgIpc) is 2.97. The largest absolute Gasteiger partial charge is 0.462 e. The molecule has 5 heteroatoms. The molecular formula is C36H70N2O3. The molecule has 2 atom stereocenters. The summed E-state index contributed by atoms with van der Waals surface area (Å²) >= 11 is 0. The lowest BCUT2D eigenvalue weighted by molar-refractivity contribution is -0.150. The number of esters is 1. The Morgan fingerprint density at radius 2 is 1.39 bits per heavy atom. The maximum atomic E-state index is 12.6. The van der Waals surface area contributed by atoms with Crippen LogP contribution in [0.4, 0.5) is 0 Å². The molecule has 0 amide bonds. The molecule has 0 aliphatic carbocycles. The SMILES string of the molecule is C=CN(/C=C\C(C)CC)CCCNCC(O)CCCCCC(=O)OC(CCCCCCCC)CCCCCCCC. The Balaban J connectivity index is 4.05. The number of rotatable bonds is 31. The Morgan fingerprint density at radius 1 is 0.829 bits per heavy atom. The number of carbonyl (C=O) groups is 1. The van der Waals surface area contributed by atoms with Crippen molar-refractivity contribution >= 4 is 5.97 Å². The van der Waals surface area contributed by atoms with E-state index in [0.717, 1.165) is 64.5 Å². The van der Waals surface area contributed by atoms with Crippen LogP contribution in [0.5, 0.6) is 0 Å². The first-order chi connectivity index (χ1) is 20.0. The first-order valence-corrected chi connectivity index (χ1v) is 17.6. The molecule has 0 rings (SSSR count). The van der Waals surface area contributed by atoms with Gasteiger partial charge in [0.2, 0.25) is 0 Å². The number of nitrogens with zero attached hydrogens (tertiary/aromatic N) is 1. The lowest BCUT2D eigenvalue weighted by Gasteiger charge is -2.18. The Labute approximate surface area is 256 Å². The van der Waals surface area contributed by atoms with Crippen molar-refractivity contribution in [3.63, 3.8) is 0 Å². The van der Waals surface area contributed by atoms with Gasteiger partial charge in [-0.05, 0) is 69.8 Å². The minimum atomic E-state index is -0.332. The lowest BCUT2D eigenvalue weighted by Crippen LogP contribution is -2.29. The maximum Gasteiger partial charge on any atom is 0.306 e. The van der Waals surface area contributed by atoms with Crippen LogP contribution in [0.1, 0.15) is 163 Å². The fourth-order valence-corrected chi connectivity index (χ4v) is 5.02.